The van der Waals surface area contributed by atoms with Gasteiger partial charge in [-0.2, -0.15) is 0 Å². The lowest BCUT2D eigenvalue weighted by Crippen LogP contribution is -2.39. The number of aromatic nitrogens is 1. The lowest BCUT2D eigenvalue weighted by atomic mass is 9.81. The maximum Gasteiger partial charge on any atom is 0.119 e. The summed E-state index contributed by atoms with van der Waals surface area (Å²) in [5, 5.41) is 1.31. The Morgan fingerprint density at radius 3 is 2.50 bits per heavy atom. The standard InChI is InChI=1S/C29H27NO2/c1-29(2)25-18-30-26-11-7-6-10-22(26)16-27(30)24(25)17-28(32-29)21-12-14-23(15-13-21)31-19-20-8-4-3-5-9-20/h3-17,25,28H,18-19H2,1-2H3/t25-,28+/m1/s1. The van der Waals surface area contributed by atoms with Crippen LogP contribution >= 0.6 is 0 Å². The molecule has 2 atom stereocenters. The summed E-state index contributed by atoms with van der Waals surface area (Å²) in [6.45, 7) is 6.00. The average molecular weight is 422 g/mol. The van der Waals surface area contributed by atoms with Crippen molar-refractivity contribution in [1.29, 1.82) is 0 Å². The minimum Gasteiger partial charge on any atom is -0.489 e. The van der Waals surface area contributed by atoms with Crippen LogP contribution in [0.3, 0.4) is 0 Å². The molecule has 32 heavy (non-hydrogen) atoms. The van der Waals surface area contributed by atoms with Crippen molar-refractivity contribution in [3.63, 3.8) is 0 Å². The summed E-state index contributed by atoms with van der Waals surface area (Å²) in [5.41, 5.74) is 6.14. The summed E-state index contributed by atoms with van der Waals surface area (Å²) < 4.78 is 15.0. The van der Waals surface area contributed by atoms with E-state index in [-0.39, 0.29) is 11.7 Å². The van der Waals surface area contributed by atoms with Gasteiger partial charge in [0.1, 0.15) is 18.5 Å². The van der Waals surface area contributed by atoms with Crippen LogP contribution in [0.15, 0.2) is 91.0 Å². The molecule has 0 bridgehead atoms. The highest BCUT2D eigenvalue weighted by atomic mass is 16.5. The van der Waals surface area contributed by atoms with Gasteiger partial charge < -0.3 is 14.0 Å². The topological polar surface area (TPSA) is 23.4 Å². The van der Waals surface area contributed by atoms with Crippen molar-refractivity contribution >= 4 is 16.5 Å². The lowest BCUT2D eigenvalue weighted by Gasteiger charge is -2.40. The smallest absolute Gasteiger partial charge is 0.119 e. The lowest BCUT2D eigenvalue weighted by molar-refractivity contribution is -0.0853. The number of rotatable bonds is 4. The number of benzene rings is 3. The van der Waals surface area contributed by atoms with Gasteiger partial charge in [-0.25, -0.2) is 0 Å². The molecule has 0 N–H and O–H groups in total. The van der Waals surface area contributed by atoms with E-state index in [9.17, 15) is 0 Å². The Morgan fingerprint density at radius 1 is 0.938 bits per heavy atom. The van der Waals surface area contributed by atoms with E-state index >= 15 is 0 Å². The van der Waals surface area contributed by atoms with Gasteiger partial charge in [-0.15, -0.1) is 0 Å². The molecule has 160 valence electrons. The van der Waals surface area contributed by atoms with E-state index in [4.69, 9.17) is 9.47 Å². The molecule has 3 heterocycles. The van der Waals surface area contributed by atoms with E-state index in [1.54, 1.807) is 0 Å². The molecule has 6 rings (SSSR count). The molecule has 0 saturated heterocycles. The fourth-order valence-electron chi connectivity index (χ4n) is 5.17. The predicted octanol–water partition coefficient (Wildman–Crippen LogP) is 6.78. The van der Waals surface area contributed by atoms with Gasteiger partial charge in [-0.05, 0) is 60.9 Å². The summed E-state index contributed by atoms with van der Waals surface area (Å²) in [6, 6.07) is 29.6. The van der Waals surface area contributed by atoms with Gasteiger partial charge in [-0.1, -0.05) is 60.7 Å². The second kappa shape index (κ2) is 7.39. The summed E-state index contributed by atoms with van der Waals surface area (Å²) in [6.07, 6.45) is 2.26. The maximum absolute atomic E-state index is 6.63. The maximum atomic E-state index is 6.63. The zero-order valence-corrected chi connectivity index (χ0v) is 18.5. The third-order valence-electron chi connectivity index (χ3n) is 6.90. The van der Waals surface area contributed by atoms with Crippen LogP contribution in [0.2, 0.25) is 0 Å². The highest BCUT2D eigenvalue weighted by molar-refractivity contribution is 5.88. The van der Waals surface area contributed by atoms with E-state index in [0.29, 0.717) is 12.5 Å². The molecular formula is C29H27NO2. The Hall–Kier alpha value is -3.30. The van der Waals surface area contributed by atoms with Crippen LogP contribution in [-0.2, 0) is 17.9 Å². The number of fused-ring (bicyclic) bond motifs is 5. The summed E-state index contributed by atoms with van der Waals surface area (Å²) in [4.78, 5) is 0. The first-order valence-electron chi connectivity index (χ1n) is 11.3. The van der Waals surface area contributed by atoms with Crippen LogP contribution in [-0.4, -0.2) is 10.2 Å². The molecule has 0 unspecified atom stereocenters. The largest absolute Gasteiger partial charge is 0.489 e. The zero-order valence-electron chi connectivity index (χ0n) is 18.5. The number of para-hydroxylation sites is 1. The van der Waals surface area contributed by atoms with E-state index in [2.05, 4.69) is 79.1 Å². The van der Waals surface area contributed by atoms with Gasteiger partial charge in [-0.3, -0.25) is 0 Å². The van der Waals surface area contributed by atoms with E-state index in [1.807, 2.05) is 30.3 Å². The van der Waals surface area contributed by atoms with E-state index in [1.165, 1.54) is 27.7 Å². The first-order valence-corrected chi connectivity index (χ1v) is 11.3. The van der Waals surface area contributed by atoms with Crippen LogP contribution < -0.4 is 4.74 Å². The van der Waals surface area contributed by atoms with Crippen molar-refractivity contribution in [2.24, 2.45) is 5.92 Å². The van der Waals surface area contributed by atoms with Gasteiger partial charge in [0.2, 0.25) is 0 Å². The molecule has 2 aliphatic heterocycles. The summed E-state index contributed by atoms with van der Waals surface area (Å²) >= 11 is 0. The van der Waals surface area contributed by atoms with Crippen molar-refractivity contribution < 1.29 is 9.47 Å². The van der Waals surface area contributed by atoms with Crippen LogP contribution in [0.1, 0.15) is 36.8 Å². The Morgan fingerprint density at radius 2 is 1.69 bits per heavy atom. The Balaban J connectivity index is 1.28. The Kier molecular flexibility index (Phi) is 4.48. The number of hydrogen-bond acceptors (Lipinski definition) is 2. The van der Waals surface area contributed by atoms with Crippen LogP contribution in [0.4, 0.5) is 0 Å². The predicted molar refractivity (Wildman–Crippen MR) is 129 cm³/mol. The van der Waals surface area contributed by atoms with E-state index < -0.39 is 0 Å². The molecule has 2 aliphatic rings. The fraction of sp³-hybridized carbons (Fsp3) is 0.241. The Bertz CT molecular complexity index is 1300. The highest BCUT2D eigenvalue weighted by Gasteiger charge is 2.44. The van der Waals surface area contributed by atoms with E-state index in [0.717, 1.165) is 17.9 Å². The van der Waals surface area contributed by atoms with Gasteiger partial charge in [0.05, 0.1) is 5.60 Å². The van der Waals surface area contributed by atoms with Crippen molar-refractivity contribution in [3.8, 4) is 5.75 Å². The van der Waals surface area contributed by atoms with Crippen LogP contribution in [0.5, 0.6) is 5.75 Å². The highest BCUT2D eigenvalue weighted by Crippen LogP contribution is 2.49. The molecule has 1 aromatic heterocycles. The van der Waals surface area contributed by atoms with Gasteiger partial charge >= 0.3 is 0 Å². The molecule has 3 heteroatoms. The van der Waals surface area contributed by atoms with Gasteiger partial charge in [0, 0.05) is 29.1 Å². The minimum atomic E-state index is -0.239. The molecule has 0 saturated carbocycles. The molecule has 0 radical (unpaired) electrons. The average Bonchev–Trinajstić information content (AvgIpc) is 3.36. The third-order valence-corrected chi connectivity index (χ3v) is 6.90. The molecule has 3 nitrogen and oxygen atoms in total. The number of ether oxygens (including phenoxy) is 2. The van der Waals surface area contributed by atoms with Crippen molar-refractivity contribution in [1.82, 2.24) is 4.57 Å². The zero-order chi connectivity index (χ0) is 21.7. The quantitative estimate of drug-likeness (QED) is 0.362. The summed E-state index contributed by atoms with van der Waals surface area (Å²) in [5.74, 6) is 1.24. The fourth-order valence-corrected chi connectivity index (χ4v) is 5.17. The molecule has 4 aromatic rings. The minimum absolute atomic E-state index is 0.0658. The second-order valence-electron chi connectivity index (χ2n) is 9.36. The van der Waals surface area contributed by atoms with Crippen molar-refractivity contribution in [2.45, 2.75) is 38.7 Å². The first-order chi connectivity index (χ1) is 15.6. The molecule has 0 fully saturated rings. The molecule has 0 spiro atoms. The summed E-state index contributed by atoms with van der Waals surface area (Å²) in [7, 11) is 0. The number of hydrogen-bond donors (Lipinski definition) is 0. The van der Waals surface area contributed by atoms with Gasteiger partial charge in [0.25, 0.3) is 0 Å². The monoisotopic (exact) mass is 421 g/mol. The second-order valence-corrected chi connectivity index (χ2v) is 9.36. The molecule has 3 aromatic carbocycles. The van der Waals surface area contributed by atoms with Gasteiger partial charge in [0.15, 0.2) is 0 Å². The van der Waals surface area contributed by atoms with Crippen molar-refractivity contribution in [2.75, 3.05) is 0 Å². The SMILES string of the molecule is CC1(C)O[C@H](c2ccc(OCc3ccccc3)cc2)C=C2c3cc4ccccc4n3C[C@H]21. The Labute approximate surface area is 188 Å². The molecular weight excluding hydrogens is 394 g/mol. The third kappa shape index (κ3) is 3.25. The first kappa shape index (κ1) is 19.4. The normalized spacial score (nSPS) is 21.1. The number of nitrogens with zero attached hydrogens (tertiary/aromatic N) is 1. The van der Waals surface area contributed by atoms with Crippen molar-refractivity contribution in [3.05, 3.63) is 108 Å². The van der Waals surface area contributed by atoms with Crippen LogP contribution in [0, 0.1) is 5.92 Å². The molecule has 0 amide bonds. The molecule has 0 aliphatic carbocycles. The van der Waals surface area contributed by atoms with Crippen LogP contribution in [0.25, 0.3) is 16.5 Å².